The Labute approximate surface area is 187 Å². The first-order valence-electron chi connectivity index (χ1n) is 11.4. The molecular formula is C25H28FN5O. The van der Waals surface area contributed by atoms with Crippen LogP contribution < -0.4 is 15.4 Å². The Kier molecular flexibility index (Phi) is 5.64. The zero-order valence-corrected chi connectivity index (χ0v) is 18.4. The molecule has 3 aromatic rings. The second kappa shape index (κ2) is 8.73. The Morgan fingerprint density at radius 1 is 1.00 bits per heavy atom. The summed E-state index contributed by atoms with van der Waals surface area (Å²) in [5, 5.41) is 0. The molecule has 2 aliphatic rings. The van der Waals surface area contributed by atoms with E-state index >= 15 is 0 Å². The Bertz CT molecular complexity index is 1150. The normalized spacial score (nSPS) is 18.9. The third-order valence-electron chi connectivity index (χ3n) is 6.70. The third-order valence-corrected chi connectivity index (χ3v) is 6.70. The molecule has 5 rings (SSSR count). The SMILES string of the molecule is Cn1c(N2CCCC(c3ccc(N4CCCC4)cc3)C2)nc(-c2ccncc2F)cc1=O. The number of benzene rings is 1. The molecule has 1 atom stereocenters. The van der Waals surface area contributed by atoms with E-state index in [2.05, 4.69) is 39.0 Å². The molecule has 1 unspecified atom stereocenters. The number of hydrogen-bond donors (Lipinski definition) is 0. The molecule has 2 aromatic heterocycles. The van der Waals surface area contributed by atoms with E-state index in [1.807, 2.05) is 0 Å². The van der Waals surface area contributed by atoms with Gasteiger partial charge in [0, 0.05) is 62.7 Å². The van der Waals surface area contributed by atoms with Crippen molar-refractivity contribution in [2.75, 3.05) is 36.0 Å². The Hall–Kier alpha value is -3.22. The monoisotopic (exact) mass is 433 g/mol. The van der Waals surface area contributed by atoms with Crippen molar-refractivity contribution in [1.29, 1.82) is 0 Å². The smallest absolute Gasteiger partial charge is 0.255 e. The fraction of sp³-hybridized carbons (Fsp3) is 0.400. The van der Waals surface area contributed by atoms with Crippen LogP contribution in [0.15, 0.2) is 53.6 Å². The average molecular weight is 434 g/mol. The summed E-state index contributed by atoms with van der Waals surface area (Å²) in [5.74, 6) is 0.477. The number of nitrogens with zero attached hydrogens (tertiary/aromatic N) is 5. The summed E-state index contributed by atoms with van der Waals surface area (Å²) in [6, 6.07) is 11.9. The van der Waals surface area contributed by atoms with Gasteiger partial charge in [0.2, 0.25) is 5.95 Å². The number of halogens is 1. The largest absolute Gasteiger partial charge is 0.372 e. The second-order valence-corrected chi connectivity index (χ2v) is 8.77. The van der Waals surface area contributed by atoms with Crippen LogP contribution in [0.25, 0.3) is 11.3 Å². The number of aromatic nitrogens is 3. The molecule has 0 bridgehead atoms. The summed E-state index contributed by atoms with van der Waals surface area (Å²) in [6.45, 7) is 3.89. The van der Waals surface area contributed by atoms with Gasteiger partial charge in [0.1, 0.15) is 0 Å². The highest BCUT2D eigenvalue weighted by Gasteiger charge is 2.25. The third kappa shape index (κ3) is 3.99. The number of anilines is 2. The topological polar surface area (TPSA) is 54.3 Å². The van der Waals surface area contributed by atoms with Gasteiger partial charge >= 0.3 is 0 Å². The predicted molar refractivity (Wildman–Crippen MR) is 125 cm³/mol. The van der Waals surface area contributed by atoms with Crippen LogP contribution in [0.5, 0.6) is 0 Å². The molecule has 7 heteroatoms. The fourth-order valence-electron chi connectivity index (χ4n) is 4.89. The van der Waals surface area contributed by atoms with E-state index in [-0.39, 0.29) is 5.56 Å². The molecule has 1 aromatic carbocycles. The van der Waals surface area contributed by atoms with Gasteiger partial charge < -0.3 is 9.80 Å². The van der Waals surface area contributed by atoms with Crippen LogP contribution in [0.1, 0.15) is 37.2 Å². The van der Waals surface area contributed by atoms with Gasteiger partial charge in [-0.3, -0.25) is 14.3 Å². The Balaban J connectivity index is 1.40. The maximum atomic E-state index is 14.3. The lowest BCUT2D eigenvalue weighted by atomic mass is 9.90. The van der Waals surface area contributed by atoms with Crippen LogP contribution >= 0.6 is 0 Å². The molecule has 2 saturated heterocycles. The minimum Gasteiger partial charge on any atom is -0.372 e. The Morgan fingerprint density at radius 3 is 2.50 bits per heavy atom. The summed E-state index contributed by atoms with van der Waals surface area (Å²) in [6.07, 6.45) is 7.33. The zero-order valence-electron chi connectivity index (χ0n) is 18.4. The van der Waals surface area contributed by atoms with Gasteiger partial charge in [-0.15, -0.1) is 0 Å². The van der Waals surface area contributed by atoms with E-state index in [9.17, 15) is 9.18 Å². The fourth-order valence-corrected chi connectivity index (χ4v) is 4.89. The van der Waals surface area contributed by atoms with Crippen molar-refractivity contribution in [2.45, 2.75) is 31.6 Å². The molecule has 0 spiro atoms. The van der Waals surface area contributed by atoms with Crippen molar-refractivity contribution in [2.24, 2.45) is 7.05 Å². The van der Waals surface area contributed by atoms with Crippen LogP contribution in [-0.2, 0) is 7.05 Å². The van der Waals surface area contributed by atoms with Gasteiger partial charge in [-0.1, -0.05) is 12.1 Å². The molecule has 32 heavy (non-hydrogen) atoms. The standard InChI is InChI=1S/C25H28FN5O/c1-29-24(32)15-23(21-10-11-27-16-22(21)26)28-25(29)31-14-4-5-19(17-31)18-6-8-20(9-7-18)30-12-2-3-13-30/h6-11,15-16,19H,2-5,12-14,17H2,1H3. The quantitative estimate of drug-likeness (QED) is 0.623. The average Bonchev–Trinajstić information content (AvgIpc) is 3.36. The molecule has 0 amide bonds. The second-order valence-electron chi connectivity index (χ2n) is 8.77. The van der Waals surface area contributed by atoms with E-state index in [0.29, 0.717) is 23.1 Å². The van der Waals surface area contributed by atoms with Crippen molar-refractivity contribution >= 4 is 11.6 Å². The lowest BCUT2D eigenvalue weighted by molar-refractivity contribution is 0.497. The minimum atomic E-state index is -0.478. The van der Waals surface area contributed by atoms with Gasteiger partial charge in [0.05, 0.1) is 11.9 Å². The summed E-state index contributed by atoms with van der Waals surface area (Å²) < 4.78 is 15.8. The maximum Gasteiger partial charge on any atom is 0.255 e. The highest BCUT2D eigenvalue weighted by atomic mass is 19.1. The first-order valence-corrected chi connectivity index (χ1v) is 11.4. The first-order chi connectivity index (χ1) is 15.6. The lowest BCUT2D eigenvalue weighted by Crippen LogP contribution is -2.38. The minimum absolute atomic E-state index is 0.196. The van der Waals surface area contributed by atoms with Crippen LogP contribution in [0.4, 0.5) is 16.0 Å². The molecule has 166 valence electrons. The molecule has 2 aliphatic heterocycles. The molecule has 6 nitrogen and oxygen atoms in total. The van der Waals surface area contributed by atoms with Crippen molar-refractivity contribution in [3.05, 3.63) is 70.5 Å². The van der Waals surface area contributed by atoms with Crippen molar-refractivity contribution in [1.82, 2.24) is 14.5 Å². The molecule has 0 aliphatic carbocycles. The first kappa shape index (κ1) is 20.7. The van der Waals surface area contributed by atoms with Crippen molar-refractivity contribution in [3.8, 4) is 11.3 Å². The van der Waals surface area contributed by atoms with E-state index in [1.165, 1.54) is 36.4 Å². The molecule has 0 saturated carbocycles. The number of rotatable bonds is 4. The van der Waals surface area contributed by atoms with E-state index < -0.39 is 5.82 Å². The van der Waals surface area contributed by atoms with Gasteiger partial charge in [0.15, 0.2) is 5.82 Å². The maximum absolute atomic E-state index is 14.3. The summed E-state index contributed by atoms with van der Waals surface area (Å²) >= 11 is 0. The highest BCUT2D eigenvalue weighted by Crippen LogP contribution is 2.31. The molecule has 0 radical (unpaired) electrons. The van der Waals surface area contributed by atoms with E-state index in [1.54, 1.807) is 17.7 Å². The summed E-state index contributed by atoms with van der Waals surface area (Å²) in [7, 11) is 1.73. The van der Waals surface area contributed by atoms with Crippen LogP contribution in [0, 0.1) is 5.82 Å². The predicted octanol–water partition coefficient (Wildman–Crippen LogP) is 3.97. The zero-order chi connectivity index (χ0) is 22.1. The van der Waals surface area contributed by atoms with E-state index in [0.717, 1.165) is 45.2 Å². The molecule has 2 fully saturated rings. The van der Waals surface area contributed by atoms with Crippen LogP contribution in [0.2, 0.25) is 0 Å². The number of hydrogen-bond acceptors (Lipinski definition) is 5. The van der Waals surface area contributed by atoms with Gasteiger partial charge in [-0.2, -0.15) is 0 Å². The Morgan fingerprint density at radius 2 is 1.75 bits per heavy atom. The molecule has 4 heterocycles. The number of pyridine rings is 1. The number of piperidine rings is 1. The van der Waals surface area contributed by atoms with E-state index in [4.69, 9.17) is 4.98 Å². The van der Waals surface area contributed by atoms with Crippen molar-refractivity contribution in [3.63, 3.8) is 0 Å². The lowest BCUT2D eigenvalue weighted by Gasteiger charge is -2.34. The van der Waals surface area contributed by atoms with Gasteiger partial charge in [-0.05, 0) is 49.4 Å². The van der Waals surface area contributed by atoms with Gasteiger partial charge in [-0.25, -0.2) is 9.37 Å². The van der Waals surface area contributed by atoms with Gasteiger partial charge in [0.25, 0.3) is 5.56 Å². The van der Waals surface area contributed by atoms with Crippen LogP contribution in [-0.4, -0.2) is 40.7 Å². The van der Waals surface area contributed by atoms with Crippen LogP contribution in [0.3, 0.4) is 0 Å². The summed E-state index contributed by atoms with van der Waals surface area (Å²) in [4.78, 5) is 25.8. The molecular weight excluding hydrogens is 405 g/mol. The summed E-state index contributed by atoms with van der Waals surface area (Å²) in [5.41, 5.74) is 3.07. The highest BCUT2D eigenvalue weighted by molar-refractivity contribution is 5.60. The van der Waals surface area contributed by atoms with Crippen molar-refractivity contribution < 1.29 is 4.39 Å². The molecule has 0 N–H and O–H groups in total.